The van der Waals surface area contributed by atoms with Gasteiger partial charge in [0.05, 0.1) is 0 Å². The number of benzene rings is 1. The maximum absolute atomic E-state index is 11.7. The lowest BCUT2D eigenvalue weighted by molar-refractivity contribution is -0.129. The number of hydrogen-bond acceptors (Lipinski definition) is 2. The molecule has 1 aliphatic carbocycles. The summed E-state index contributed by atoms with van der Waals surface area (Å²) in [5.41, 5.74) is 2.21. The fourth-order valence-electron chi connectivity index (χ4n) is 2.58. The van der Waals surface area contributed by atoms with Gasteiger partial charge in [-0.1, -0.05) is 42.7 Å². The molecule has 0 spiro atoms. The third-order valence-electron chi connectivity index (χ3n) is 3.61. The summed E-state index contributed by atoms with van der Waals surface area (Å²) in [6.45, 7) is 2.48. The minimum Gasteiger partial charge on any atom is -0.353 e. The van der Waals surface area contributed by atoms with Gasteiger partial charge >= 0.3 is 0 Å². The first-order valence-corrected chi connectivity index (χ1v) is 7.25. The molecule has 0 aromatic heterocycles. The Labute approximate surface area is 119 Å². The molecule has 0 radical (unpaired) electrons. The molecule has 4 nitrogen and oxygen atoms in total. The van der Waals surface area contributed by atoms with Crippen molar-refractivity contribution in [1.82, 2.24) is 10.6 Å². The molecule has 1 aromatic rings. The van der Waals surface area contributed by atoms with Gasteiger partial charge in [-0.2, -0.15) is 0 Å². The minimum absolute atomic E-state index is 0.0810. The molecule has 0 unspecified atom stereocenters. The van der Waals surface area contributed by atoms with Crippen molar-refractivity contribution < 1.29 is 9.59 Å². The monoisotopic (exact) mass is 274 g/mol. The van der Waals surface area contributed by atoms with E-state index < -0.39 is 0 Å². The van der Waals surface area contributed by atoms with Gasteiger partial charge in [0.15, 0.2) is 0 Å². The number of rotatable bonds is 5. The quantitative estimate of drug-likeness (QED) is 0.807. The summed E-state index contributed by atoms with van der Waals surface area (Å²) in [6, 6.07) is 8.24. The SMILES string of the molecule is Cc1cccc(CNC(=O)CC(=O)NC2CCCC2)c1. The third kappa shape index (κ3) is 4.68. The molecule has 20 heavy (non-hydrogen) atoms. The Balaban J connectivity index is 1.70. The lowest BCUT2D eigenvalue weighted by Crippen LogP contribution is -2.36. The van der Waals surface area contributed by atoms with Crippen LogP contribution in [-0.2, 0) is 16.1 Å². The van der Waals surface area contributed by atoms with Crippen LogP contribution in [0.5, 0.6) is 0 Å². The first-order valence-electron chi connectivity index (χ1n) is 7.25. The van der Waals surface area contributed by atoms with Crippen molar-refractivity contribution in [2.24, 2.45) is 0 Å². The predicted octanol–water partition coefficient (Wildman–Crippen LogP) is 2.06. The van der Waals surface area contributed by atoms with Gasteiger partial charge in [0, 0.05) is 12.6 Å². The number of carbonyl (C=O) groups is 2. The van der Waals surface area contributed by atoms with E-state index in [0.717, 1.165) is 24.0 Å². The molecule has 1 aromatic carbocycles. The molecule has 0 bridgehead atoms. The van der Waals surface area contributed by atoms with E-state index in [0.29, 0.717) is 6.54 Å². The molecule has 1 aliphatic rings. The average molecular weight is 274 g/mol. The Morgan fingerprint density at radius 2 is 1.95 bits per heavy atom. The van der Waals surface area contributed by atoms with Gasteiger partial charge in [0.1, 0.15) is 6.42 Å². The molecule has 108 valence electrons. The van der Waals surface area contributed by atoms with Crippen LogP contribution in [0.3, 0.4) is 0 Å². The summed E-state index contributed by atoms with van der Waals surface area (Å²) < 4.78 is 0. The van der Waals surface area contributed by atoms with E-state index in [-0.39, 0.29) is 24.3 Å². The Hall–Kier alpha value is -1.84. The zero-order valence-corrected chi connectivity index (χ0v) is 11.9. The second-order valence-corrected chi connectivity index (χ2v) is 5.49. The van der Waals surface area contributed by atoms with Crippen molar-refractivity contribution in [3.8, 4) is 0 Å². The summed E-state index contributed by atoms with van der Waals surface area (Å²) >= 11 is 0. The average Bonchev–Trinajstić information content (AvgIpc) is 2.89. The van der Waals surface area contributed by atoms with Crippen molar-refractivity contribution in [2.45, 2.75) is 51.6 Å². The van der Waals surface area contributed by atoms with Gasteiger partial charge in [0.25, 0.3) is 0 Å². The van der Waals surface area contributed by atoms with Crippen molar-refractivity contribution in [3.63, 3.8) is 0 Å². The normalized spacial score (nSPS) is 15.1. The summed E-state index contributed by atoms with van der Waals surface area (Å²) in [5, 5.41) is 5.70. The van der Waals surface area contributed by atoms with Crippen LogP contribution in [0.2, 0.25) is 0 Å². The van der Waals surface area contributed by atoms with E-state index in [1.54, 1.807) is 0 Å². The Kier molecular flexibility index (Phi) is 5.16. The van der Waals surface area contributed by atoms with E-state index >= 15 is 0 Å². The second kappa shape index (κ2) is 7.08. The highest BCUT2D eigenvalue weighted by molar-refractivity contribution is 5.96. The molecular formula is C16H22N2O2. The first-order chi connectivity index (χ1) is 9.63. The number of nitrogens with one attached hydrogen (secondary N) is 2. The fourth-order valence-corrected chi connectivity index (χ4v) is 2.58. The standard InChI is InChI=1S/C16H22N2O2/c1-12-5-4-6-13(9-12)11-17-15(19)10-16(20)18-14-7-2-3-8-14/h4-6,9,14H,2-3,7-8,10-11H2,1H3,(H,17,19)(H,18,20). The Bertz CT molecular complexity index is 479. The first kappa shape index (κ1) is 14.6. The van der Waals surface area contributed by atoms with Gasteiger partial charge in [-0.05, 0) is 25.3 Å². The van der Waals surface area contributed by atoms with E-state index in [2.05, 4.69) is 10.6 Å². The third-order valence-corrected chi connectivity index (χ3v) is 3.61. The highest BCUT2D eigenvalue weighted by atomic mass is 16.2. The van der Waals surface area contributed by atoms with Crippen molar-refractivity contribution >= 4 is 11.8 Å². The molecule has 2 N–H and O–H groups in total. The van der Waals surface area contributed by atoms with Gasteiger partial charge in [-0.3, -0.25) is 9.59 Å². The summed E-state index contributed by atoms with van der Waals surface area (Å²) in [5.74, 6) is -0.388. The van der Waals surface area contributed by atoms with Crippen LogP contribution in [0.15, 0.2) is 24.3 Å². The van der Waals surface area contributed by atoms with Crippen LogP contribution in [0.25, 0.3) is 0 Å². The highest BCUT2D eigenvalue weighted by Crippen LogP contribution is 2.17. The zero-order chi connectivity index (χ0) is 14.4. The van der Waals surface area contributed by atoms with E-state index in [4.69, 9.17) is 0 Å². The smallest absolute Gasteiger partial charge is 0.229 e. The van der Waals surface area contributed by atoms with Crippen molar-refractivity contribution in [3.05, 3.63) is 35.4 Å². The highest BCUT2D eigenvalue weighted by Gasteiger charge is 2.18. The zero-order valence-electron chi connectivity index (χ0n) is 11.9. The van der Waals surface area contributed by atoms with Crippen LogP contribution in [0.1, 0.15) is 43.2 Å². The molecule has 2 rings (SSSR count). The van der Waals surface area contributed by atoms with Crippen molar-refractivity contribution in [2.75, 3.05) is 0 Å². The Morgan fingerprint density at radius 1 is 1.20 bits per heavy atom. The lowest BCUT2D eigenvalue weighted by Gasteiger charge is -2.11. The molecule has 0 aliphatic heterocycles. The van der Waals surface area contributed by atoms with Gasteiger partial charge in [-0.25, -0.2) is 0 Å². The van der Waals surface area contributed by atoms with Crippen LogP contribution < -0.4 is 10.6 Å². The summed E-state index contributed by atoms with van der Waals surface area (Å²) in [7, 11) is 0. The van der Waals surface area contributed by atoms with Gasteiger partial charge < -0.3 is 10.6 Å². The van der Waals surface area contributed by atoms with Gasteiger partial charge in [-0.15, -0.1) is 0 Å². The van der Waals surface area contributed by atoms with Crippen LogP contribution >= 0.6 is 0 Å². The van der Waals surface area contributed by atoms with Gasteiger partial charge in [0.2, 0.25) is 11.8 Å². The number of carbonyl (C=O) groups excluding carboxylic acids is 2. The summed E-state index contributed by atoms with van der Waals surface area (Å²) in [4.78, 5) is 23.4. The van der Waals surface area contributed by atoms with Crippen molar-refractivity contribution in [1.29, 1.82) is 0 Å². The molecule has 0 heterocycles. The minimum atomic E-state index is -0.220. The molecule has 1 saturated carbocycles. The molecule has 4 heteroatoms. The maximum Gasteiger partial charge on any atom is 0.229 e. The number of hydrogen-bond donors (Lipinski definition) is 2. The van der Waals surface area contributed by atoms with Crippen LogP contribution in [0, 0.1) is 6.92 Å². The van der Waals surface area contributed by atoms with Crippen LogP contribution in [0.4, 0.5) is 0 Å². The lowest BCUT2D eigenvalue weighted by atomic mass is 10.1. The number of amides is 2. The summed E-state index contributed by atoms with van der Waals surface area (Å²) in [6.07, 6.45) is 4.34. The Morgan fingerprint density at radius 3 is 2.65 bits per heavy atom. The topological polar surface area (TPSA) is 58.2 Å². The van der Waals surface area contributed by atoms with E-state index in [9.17, 15) is 9.59 Å². The fraction of sp³-hybridized carbons (Fsp3) is 0.500. The molecule has 0 saturated heterocycles. The van der Waals surface area contributed by atoms with E-state index in [1.807, 2.05) is 31.2 Å². The predicted molar refractivity (Wildman–Crippen MR) is 78.0 cm³/mol. The number of aryl methyl sites for hydroxylation is 1. The molecule has 1 fully saturated rings. The molecule has 0 atom stereocenters. The second-order valence-electron chi connectivity index (χ2n) is 5.49. The molecule has 2 amide bonds. The maximum atomic E-state index is 11.7. The van der Waals surface area contributed by atoms with Crippen LogP contribution in [-0.4, -0.2) is 17.9 Å². The molecular weight excluding hydrogens is 252 g/mol. The largest absolute Gasteiger partial charge is 0.353 e. The van der Waals surface area contributed by atoms with E-state index in [1.165, 1.54) is 12.8 Å².